The molecule has 2 aliphatic rings. The summed E-state index contributed by atoms with van der Waals surface area (Å²) in [6.45, 7) is 7.06. The van der Waals surface area contributed by atoms with Crippen LogP contribution in [0.15, 0.2) is 72.8 Å². The van der Waals surface area contributed by atoms with Gasteiger partial charge >= 0.3 is 0 Å². The van der Waals surface area contributed by atoms with Crippen molar-refractivity contribution in [2.75, 3.05) is 13.2 Å². The molecule has 0 unspecified atom stereocenters. The maximum Gasteiger partial charge on any atom is 0.261 e. The molecular formula is C30H33F4NOSi. The second-order valence-corrected chi connectivity index (χ2v) is 15.8. The van der Waals surface area contributed by atoms with E-state index in [-0.39, 0.29) is 11.6 Å². The molecule has 37 heavy (non-hydrogen) atoms. The highest BCUT2D eigenvalue weighted by atomic mass is 28.4. The summed E-state index contributed by atoms with van der Waals surface area (Å²) in [5.74, 6) is -3.91. The number of hydrogen-bond acceptors (Lipinski definition) is 2. The summed E-state index contributed by atoms with van der Waals surface area (Å²) < 4.78 is 64.0. The highest BCUT2D eigenvalue weighted by Crippen LogP contribution is 2.50. The summed E-state index contributed by atoms with van der Waals surface area (Å²) in [7, 11) is -2.85. The quantitative estimate of drug-likeness (QED) is 0.212. The second kappa shape index (κ2) is 9.68. The molecule has 3 atom stereocenters. The van der Waals surface area contributed by atoms with Crippen LogP contribution < -0.4 is 10.4 Å². The Labute approximate surface area is 217 Å². The highest BCUT2D eigenvalue weighted by Gasteiger charge is 2.57. The zero-order valence-electron chi connectivity index (χ0n) is 21.5. The number of fused-ring (bicyclic) bond motifs is 1. The van der Waals surface area contributed by atoms with Crippen LogP contribution in [0.25, 0.3) is 0 Å². The summed E-state index contributed by atoms with van der Waals surface area (Å²) in [6.07, 6.45) is 0.465. The predicted molar refractivity (Wildman–Crippen MR) is 141 cm³/mol. The van der Waals surface area contributed by atoms with E-state index in [1.807, 2.05) is 41.3 Å². The standard InChI is InChI=1S/C30H33F4NOSi/c1-29(2,3)37(23-10-6-4-7-11-23,24-12-8-5-9-13-24)36-20-30-15-14-27(35(30)19-22(31)18-30)21-16-25(32)28(34)26(33)17-21/h4-13,16-17,22,27H,14-15,18-20H2,1-3H3/t22-,27+,30+/m1/s1. The summed E-state index contributed by atoms with van der Waals surface area (Å²) >= 11 is 0. The van der Waals surface area contributed by atoms with Crippen molar-refractivity contribution in [3.63, 3.8) is 0 Å². The molecule has 2 aliphatic heterocycles. The van der Waals surface area contributed by atoms with Crippen molar-refractivity contribution in [2.45, 2.75) is 62.8 Å². The third-order valence-corrected chi connectivity index (χ3v) is 13.2. The van der Waals surface area contributed by atoms with Gasteiger partial charge in [0.05, 0.1) is 6.61 Å². The molecule has 0 amide bonds. The lowest BCUT2D eigenvalue weighted by molar-refractivity contribution is 0.0842. The van der Waals surface area contributed by atoms with Crippen molar-refractivity contribution < 1.29 is 22.0 Å². The van der Waals surface area contributed by atoms with E-state index in [0.717, 1.165) is 22.5 Å². The lowest BCUT2D eigenvalue weighted by atomic mass is 9.94. The third kappa shape index (κ3) is 4.45. The van der Waals surface area contributed by atoms with Crippen molar-refractivity contribution in [1.82, 2.24) is 4.90 Å². The van der Waals surface area contributed by atoms with Gasteiger partial charge in [0, 0.05) is 24.5 Å². The minimum Gasteiger partial charge on any atom is -0.406 e. The Kier molecular flexibility index (Phi) is 6.84. The number of hydrogen-bond donors (Lipinski definition) is 0. The molecule has 0 saturated carbocycles. The molecule has 0 radical (unpaired) electrons. The van der Waals surface area contributed by atoms with Gasteiger partial charge in [0.1, 0.15) is 6.17 Å². The average molecular weight is 528 g/mol. The number of alkyl halides is 1. The van der Waals surface area contributed by atoms with E-state index in [9.17, 15) is 13.2 Å². The van der Waals surface area contributed by atoms with E-state index >= 15 is 4.39 Å². The largest absolute Gasteiger partial charge is 0.406 e. The number of rotatable bonds is 6. The maximum absolute atomic E-state index is 15.0. The Bertz CT molecular complexity index is 1190. The van der Waals surface area contributed by atoms with Crippen LogP contribution in [0.3, 0.4) is 0 Å². The van der Waals surface area contributed by atoms with E-state index in [1.54, 1.807) is 0 Å². The van der Waals surface area contributed by atoms with Crippen LogP contribution in [-0.4, -0.2) is 38.1 Å². The molecule has 2 nitrogen and oxygen atoms in total. The van der Waals surface area contributed by atoms with Gasteiger partial charge < -0.3 is 4.43 Å². The first-order valence-corrected chi connectivity index (χ1v) is 14.8. The number of nitrogens with zero attached hydrogens (tertiary/aromatic N) is 1. The van der Waals surface area contributed by atoms with Crippen molar-refractivity contribution in [2.24, 2.45) is 0 Å². The fourth-order valence-corrected chi connectivity index (χ4v) is 11.2. The first kappa shape index (κ1) is 26.1. The third-order valence-electron chi connectivity index (χ3n) is 8.23. The normalized spacial score (nSPS) is 24.4. The summed E-state index contributed by atoms with van der Waals surface area (Å²) in [5.41, 5.74) is -0.254. The lowest BCUT2D eigenvalue weighted by Crippen LogP contribution is -2.68. The highest BCUT2D eigenvalue weighted by molar-refractivity contribution is 6.99. The van der Waals surface area contributed by atoms with Gasteiger partial charge in [-0.1, -0.05) is 81.4 Å². The average Bonchev–Trinajstić information content (AvgIpc) is 3.37. The smallest absolute Gasteiger partial charge is 0.261 e. The van der Waals surface area contributed by atoms with Crippen LogP contribution in [0.2, 0.25) is 5.04 Å². The van der Waals surface area contributed by atoms with Gasteiger partial charge in [-0.25, -0.2) is 17.6 Å². The Morgan fingerprint density at radius 3 is 1.97 bits per heavy atom. The molecule has 0 aliphatic carbocycles. The Hall–Kier alpha value is -2.48. The molecule has 5 rings (SSSR count). The maximum atomic E-state index is 15.0. The molecule has 0 aromatic heterocycles. The van der Waals surface area contributed by atoms with Crippen LogP contribution >= 0.6 is 0 Å². The fraction of sp³-hybridized carbons (Fsp3) is 0.400. The molecule has 0 N–H and O–H groups in total. The molecule has 2 heterocycles. The SMILES string of the molecule is CC(C)(C)[Si](OC[C@@]12CC[C@@H](c3cc(F)c(F)c(F)c3)N1C[C@H](F)C2)(c1ccccc1)c1ccccc1. The van der Waals surface area contributed by atoms with E-state index in [1.165, 1.54) is 0 Å². The zero-order chi connectivity index (χ0) is 26.4. The van der Waals surface area contributed by atoms with Gasteiger partial charge in [0.2, 0.25) is 0 Å². The Balaban J connectivity index is 1.54. The van der Waals surface area contributed by atoms with Crippen molar-refractivity contribution >= 4 is 18.7 Å². The summed E-state index contributed by atoms with van der Waals surface area (Å²) in [5, 5.41) is 2.05. The van der Waals surface area contributed by atoms with E-state index in [0.29, 0.717) is 31.4 Å². The minimum absolute atomic E-state index is 0.162. The van der Waals surface area contributed by atoms with E-state index in [4.69, 9.17) is 4.43 Å². The zero-order valence-corrected chi connectivity index (χ0v) is 22.5. The first-order valence-electron chi connectivity index (χ1n) is 12.9. The summed E-state index contributed by atoms with van der Waals surface area (Å²) in [4.78, 5) is 2.02. The van der Waals surface area contributed by atoms with Crippen LogP contribution in [-0.2, 0) is 4.43 Å². The van der Waals surface area contributed by atoms with Gasteiger partial charge in [-0.05, 0) is 45.9 Å². The van der Waals surface area contributed by atoms with Gasteiger partial charge in [-0.3, -0.25) is 4.90 Å². The molecule has 3 aromatic carbocycles. The van der Waals surface area contributed by atoms with Crippen LogP contribution in [0, 0.1) is 17.5 Å². The Morgan fingerprint density at radius 1 is 0.919 bits per heavy atom. The topological polar surface area (TPSA) is 12.5 Å². The second-order valence-electron chi connectivity index (χ2n) is 11.5. The number of halogens is 4. The van der Waals surface area contributed by atoms with Crippen molar-refractivity contribution in [3.05, 3.63) is 95.8 Å². The molecule has 2 saturated heterocycles. The number of benzene rings is 3. The van der Waals surface area contributed by atoms with Crippen molar-refractivity contribution in [3.8, 4) is 0 Å². The van der Waals surface area contributed by atoms with E-state index < -0.39 is 43.5 Å². The van der Waals surface area contributed by atoms with Gasteiger partial charge in [0.15, 0.2) is 17.5 Å². The predicted octanol–water partition coefficient (Wildman–Crippen LogP) is 6.30. The molecule has 196 valence electrons. The summed E-state index contributed by atoms with van der Waals surface area (Å²) in [6, 6.07) is 22.3. The molecular weight excluding hydrogens is 494 g/mol. The Morgan fingerprint density at radius 2 is 1.46 bits per heavy atom. The van der Waals surface area contributed by atoms with Crippen LogP contribution in [0.5, 0.6) is 0 Å². The monoisotopic (exact) mass is 527 g/mol. The first-order chi connectivity index (χ1) is 17.6. The van der Waals surface area contributed by atoms with Crippen LogP contribution in [0.4, 0.5) is 17.6 Å². The molecule has 7 heteroatoms. The molecule has 0 bridgehead atoms. The molecule has 3 aromatic rings. The van der Waals surface area contributed by atoms with Gasteiger partial charge in [-0.15, -0.1) is 0 Å². The minimum atomic E-state index is -2.85. The fourth-order valence-electron chi connectivity index (χ4n) is 6.60. The van der Waals surface area contributed by atoms with Crippen LogP contribution in [0.1, 0.15) is 51.6 Å². The molecule has 2 fully saturated rings. The molecule has 0 spiro atoms. The lowest BCUT2D eigenvalue weighted by Gasteiger charge is -2.46. The van der Waals surface area contributed by atoms with E-state index in [2.05, 4.69) is 45.0 Å². The van der Waals surface area contributed by atoms with Gasteiger partial charge in [0.25, 0.3) is 8.32 Å². The van der Waals surface area contributed by atoms with Crippen molar-refractivity contribution in [1.29, 1.82) is 0 Å². The van der Waals surface area contributed by atoms with Gasteiger partial charge in [-0.2, -0.15) is 0 Å².